The Labute approximate surface area is 85.7 Å². The molecule has 0 saturated heterocycles. The topological polar surface area (TPSA) is 70.1 Å². The van der Waals surface area contributed by atoms with Crippen LogP contribution in [0.2, 0.25) is 0 Å². The third kappa shape index (κ3) is 4.24. The summed E-state index contributed by atoms with van der Waals surface area (Å²) in [4.78, 5) is 13.2. The molecule has 1 amide bonds. The normalized spacial score (nSPS) is 14.2. The highest BCUT2D eigenvalue weighted by molar-refractivity contribution is 5.76. The molecule has 0 aromatic carbocycles. The number of rotatable bonds is 5. The molecule has 0 spiro atoms. The highest BCUT2D eigenvalue weighted by Gasteiger charge is 2.17. The van der Waals surface area contributed by atoms with Gasteiger partial charge in [0.05, 0.1) is 12.5 Å². The molecule has 0 aromatic rings. The highest BCUT2D eigenvalue weighted by Crippen LogP contribution is 2.04. The lowest BCUT2D eigenvalue weighted by molar-refractivity contribution is -0.131. The summed E-state index contributed by atoms with van der Waals surface area (Å²) in [5.41, 5.74) is 5.67. The van der Waals surface area contributed by atoms with Gasteiger partial charge in [-0.25, -0.2) is 0 Å². The Hall–Kier alpha value is -1.08. The Balaban J connectivity index is 4.05. The van der Waals surface area contributed by atoms with Crippen LogP contribution in [0.15, 0.2) is 0 Å². The molecular weight excluding hydrogens is 178 g/mol. The van der Waals surface area contributed by atoms with Gasteiger partial charge in [0.1, 0.15) is 0 Å². The van der Waals surface area contributed by atoms with Gasteiger partial charge in [0.25, 0.3) is 0 Å². The standard InChI is InChI=1S/C10H19N3O/c1-4-9(12)7-10(14)13(3)8(2)5-6-11/h8-9H,4-5,7,12H2,1-3H3. The van der Waals surface area contributed by atoms with Crippen molar-refractivity contribution < 1.29 is 4.79 Å². The van der Waals surface area contributed by atoms with E-state index in [-0.39, 0.29) is 18.0 Å². The molecule has 2 N–H and O–H groups in total. The monoisotopic (exact) mass is 197 g/mol. The van der Waals surface area contributed by atoms with Crippen LogP contribution in [0.3, 0.4) is 0 Å². The zero-order chi connectivity index (χ0) is 11.1. The molecule has 4 heteroatoms. The van der Waals surface area contributed by atoms with Crippen molar-refractivity contribution in [2.45, 2.75) is 45.2 Å². The summed E-state index contributed by atoms with van der Waals surface area (Å²) in [6, 6.07) is 1.94. The van der Waals surface area contributed by atoms with Crippen molar-refractivity contribution in [3.8, 4) is 6.07 Å². The van der Waals surface area contributed by atoms with Crippen molar-refractivity contribution in [1.82, 2.24) is 4.90 Å². The molecule has 0 radical (unpaired) electrons. The van der Waals surface area contributed by atoms with Gasteiger partial charge < -0.3 is 10.6 Å². The Bertz CT molecular complexity index is 222. The zero-order valence-electron chi connectivity index (χ0n) is 9.16. The number of nitriles is 1. The molecule has 0 aliphatic carbocycles. The lowest BCUT2D eigenvalue weighted by Crippen LogP contribution is -2.38. The van der Waals surface area contributed by atoms with Crippen LogP contribution < -0.4 is 5.73 Å². The van der Waals surface area contributed by atoms with E-state index in [9.17, 15) is 4.79 Å². The molecule has 4 nitrogen and oxygen atoms in total. The fourth-order valence-electron chi connectivity index (χ4n) is 1.03. The predicted octanol–water partition coefficient (Wildman–Crippen LogP) is 0.874. The Morgan fingerprint density at radius 3 is 2.64 bits per heavy atom. The molecule has 0 heterocycles. The molecular formula is C10H19N3O. The quantitative estimate of drug-likeness (QED) is 0.711. The zero-order valence-corrected chi connectivity index (χ0v) is 9.16. The van der Waals surface area contributed by atoms with E-state index in [0.717, 1.165) is 6.42 Å². The minimum absolute atomic E-state index is 0.0158. The second kappa shape index (κ2) is 6.39. The Morgan fingerprint density at radius 2 is 2.21 bits per heavy atom. The summed E-state index contributed by atoms with van der Waals surface area (Å²) in [5, 5.41) is 8.48. The summed E-state index contributed by atoms with van der Waals surface area (Å²) in [6.45, 7) is 3.81. The number of carbonyl (C=O) groups is 1. The van der Waals surface area contributed by atoms with E-state index in [1.807, 2.05) is 19.9 Å². The molecule has 0 saturated carbocycles. The number of nitrogens with zero attached hydrogens (tertiary/aromatic N) is 2. The van der Waals surface area contributed by atoms with Gasteiger partial charge in [0.2, 0.25) is 5.91 Å². The number of hydrogen-bond donors (Lipinski definition) is 1. The first-order valence-corrected chi connectivity index (χ1v) is 4.91. The van der Waals surface area contributed by atoms with Gasteiger partial charge in [-0.3, -0.25) is 4.79 Å². The Morgan fingerprint density at radius 1 is 1.64 bits per heavy atom. The molecule has 0 aliphatic heterocycles. The largest absolute Gasteiger partial charge is 0.342 e. The van der Waals surface area contributed by atoms with Crippen molar-refractivity contribution in [1.29, 1.82) is 5.26 Å². The second-order valence-corrected chi connectivity index (χ2v) is 3.59. The maximum atomic E-state index is 11.6. The molecule has 0 bridgehead atoms. The fraction of sp³-hybridized carbons (Fsp3) is 0.800. The molecule has 0 rings (SSSR count). The van der Waals surface area contributed by atoms with Crippen LogP contribution in [0.4, 0.5) is 0 Å². The van der Waals surface area contributed by atoms with Crippen LogP contribution in [-0.2, 0) is 4.79 Å². The smallest absolute Gasteiger partial charge is 0.224 e. The first-order chi connectivity index (χ1) is 6.52. The SMILES string of the molecule is CCC(N)CC(=O)N(C)C(C)CC#N. The number of nitrogens with two attached hydrogens (primary N) is 1. The summed E-state index contributed by atoms with van der Waals surface area (Å²) >= 11 is 0. The van der Waals surface area contributed by atoms with E-state index in [0.29, 0.717) is 12.8 Å². The molecule has 2 unspecified atom stereocenters. The maximum Gasteiger partial charge on any atom is 0.224 e. The van der Waals surface area contributed by atoms with Crippen LogP contribution in [0, 0.1) is 11.3 Å². The van der Waals surface area contributed by atoms with Crippen LogP contribution in [-0.4, -0.2) is 29.9 Å². The van der Waals surface area contributed by atoms with E-state index >= 15 is 0 Å². The number of hydrogen-bond acceptors (Lipinski definition) is 3. The lowest BCUT2D eigenvalue weighted by Gasteiger charge is -2.24. The van der Waals surface area contributed by atoms with E-state index in [2.05, 4.69) is 0 Å². The van der Waals surface area contributed by atoms with Crippen molar-refractivity contribution in [2.24, 2.45) is 5.73 Å². The summed E-state index contributed by atoms with van der Waals surface area (Å²) < 4.78 is 0. The minimum atomic E-state index is -0.0702. The minimum Gasteiger partial charge on any atom is -0.342 e. The van der Waals surface area contributed by atoms with Crippen LogP contribution in [0.5, 0.6) is 0 Å². The van der Waals surface area contributed by atoms with Crippen molar-refractivity contribution in [3.05, 3.63) is 0 Å². The summed E-state index contributed by atoms with van der Waals surface area (Å²) in [7, 11) is 1.72. The fourth-order valence-corrected chi connectivity index (χ4v) is 1.03. The first-order valence-electron chi connectivity index (χ1n) is 4.91. The number of amides is 1. The van der Waals surface area contributed by atoms with Gasteiger partial charge in [0, 0.05) is 25.6 Å². The third-order valence-electron chi connectivity index (χ3n) is 2.40. The predicted molar refractivity (Wildman–Crippen MR) is 55.3 cm³/mol. The Kier molecular flexibility index (Phi) is 5.89. The molecule has 80 valence electrons. The van der Waals surface area contributed by atoms with Gasteiger partial charge in [-0.1, -0.05) is 6.92 Å². The number of carbonyl (C=O) groups excluding carboxylic acids is 1. The van der Waals surface area contributed by atoms with Crippen LogP contribution >= 0.6 is 0 Å². The van der Waals surface area contributed by atoms with Gasteiger partial charge in [0.15, 0.2) is 0 Å². The van der Waals surface area contributed by atoms with Gasteiger partial charge in [-0.05, 0) is 13.3 Å². The van der Waals surface area contributed by atoms with Gasteiger partial charge in [-0.15, -0.1) is 0 Å². The first kappa shape index (κ1) is 12.9. The molecule has 0 aromatic heterocycles. The van der Waals surface area contributed by atoms with E-state index in [1.165, 1.54) is 0 Å². The molecule has 0 fully saturated rings. The summed E-state index contributed by atoms with van der Waals surface area (Å²) in [5.74, 6) is 0.0158. The van der Waals surface area contributed by atoms with E-state index < -0.39 is 0 Å². The van der Waals surface area contributed by atoms with Crippen LogP contribution in [0.1, 0.15) is 33.1 Å². The molecule has 14 heavy (non-hydrogen) atoms. The summed E-state index contributed by atoms with van der Waals surface area (Å²) in [6.07, 6.45) is 1.53. The van der Waals surface area contributed by atoms with Crippen molar-refractivity contribution >= 4 is 5.91 Å². The maximum absolute atomic E-state index is 11.6. The lowest BCUT2D eigenvalue weighted by atomic mass is 10.1. The molecule has 0 aliphatic rings. The van der Waals surface area contributed by atoms with Gasteiger partial charge in [-0.2, -0.15) is 5.26 Å². The van der Waals surface area contributed by atoms with Crippen molar-refractivity contribution in [3.63, 3.8) is 0 Å². The average Bonchev–Trinajstić information content (AvgIpc) is 2.16. The average molecular weight is 197 g/mol. The van der Waals surface area contributed by atoms with E-state index in [1.54, 1.807) is 11.9 Å². The van der Waals surface area contributed by atoms with E-state index in [4.69, 9.17) is 11.0 Å². The third-order valence-corrected chi connectivity index (χ3v) is 2.40. The second-order valence-electron chi connectivity index (χ2n) is 3.59. The molecule has 2 atom stereocenters. The van der Waals surface area contributed by atoms with Crippen molar-refractivity contribution in [2.75, 3.05) is 7.05 Å². The van der Waals surface area contributed by atoms with Crippen LogP contribution in [0.25, 0.3) is 0 Å². The van der Waals surface area contributed by atoms with Gasteiger partial charge >= 0.3 is 0 Å². The highest BCUT2D eigenvalue weighted by atomic mass is 16.2.